The van der Waals surface area contributed by atoms with Crippen molar-refractivity contribution < 1.29 is 23.9 Å². The molecule has 0 saturated carbocycles. The average molecular weight is 499 g/mol. The van der Waals surface area contributed by atoms with Gasteiger partial charge in [-0.15, -0.1) is 0 Å². The van der Waals surface area contributed by atoms with Crippen LogP contribution in [0, 0.1) is 0 Å². The second kappa shape index (κ2) is 12.2. The number of benzene rings is 2. The van der Waals surface area contributed by atoms with E-state index in [9.17, 15) is 14.4 Å². The van der Waals surface area contributed by atoms with Crippen LogP contribution >= 0.6 is 12.2 Å². The summed E-state index contributed by atoms with van der Waals surface area (Å²) in [5.41, 5.74) is 1.15. The van der Waals surface area contributed by atoms with Gasteiger partial charge in [0, 0.05) is 31.8 Å². The lowest BCUT2D eigenvalue weighted by atomic mass is 10.1. The first-order valence-corrected chi connectivity index (χ1v) is 11.8. The molecule has 3 amide bonds. The number of thiocarbonyl (C=S) groups is 1. The zero-order chi connectivity index (χ0) is 25.4. The van der Waals surface area contributed by atoms with Gasteiger partial charge in [0.05, 0.1) is 25.8 Å². The van der Waals surface area contributed by atoms with Gasteiger partial charge in [-0.2, -0.15) is 0 Å². The van der Waals surface area contributed by atoms with Crippen molar-refractivity contribution in [1.29, 1.82) is 0 Å². The molecule has 1 aliphatic rings. The summed E-state index contributed by atoms with van der Waals surface area (Å²) < 4.78 is 10.8. The van der Waals surface area contributed by atoms with Crippen molar-refractivity contribution in [3.63, 3.8) is 0 Å². The van der Waals surface area contributed by atoms with Crippen LogP contribution in [0.25, 0.3) is 0 Å². The molecule has 2 N–H and O–H groups in total. The van der Waals surface area contributed by atoms with Gasteiger partial charge in [-0.25, -0.2) is 0 Å². The lowest BCUT2D eigenvalue weighted by molar-refractivity contribution is -0.124. The first kappa shape index (κ1) is 26.0. The molecule has 1 fully saturated rings. The van der Waals surface area contributed by atoms with Gasteiger partial charge in [0.25, 0.3) is 5.91 Å². The van der Waals surface area contributed by atoms with E-state index in [-0.39, 0.29) is 42.3 Å². The maximum Gasteiger partial charge on any atom is 0.256 e. The number of carbonyl (C=O) groups is 3. The Bertz CT molecular complexity index is 1080. The predicted molar refractivity (Wildman–Crippen MR) is 138 cm³/mol. The van der Waals surface area contributed by atoms with E-state index in [1.54, 1.807) is 60.5 Å². The van der Waals surface area contributed by atoms with Gasteiger partial charge in [-0.05, 0) is 55.0 Å². The Morgan fingerprint density at radius 2 is 1.86 bits per heavy atom. The second-order valence-corrected chi connectivity index (χ2v) is 8.34. The molecular formula is C25H30N4O5S. The van der Waals surface area contributed by atoms with Crippen molar-refractivity contribution in [1.82, 2.24) is 10.2 Å². The van der Waals surface area contributed by atoms with Gasteiger partial charge < -0.3 is 25.0 Å². The zero-order valence-electron chi connectivity index (χ0n) is 20.1. The van der Waals surface area contributed by atoms with Crippen molar-refractivity contribution in [3.05, 3.63) is 48.5 Å². The molecule has 0 bridgehead atoms. The number of nitrogens with zero attached hydrogens (tertiary/aromatic N) is 2. The van der Waals surface area contributed by atoms with Crippen LogP contribution in [0.5, 0.6) is 11.5 Å². The van der Waals surface area contributed by atoms with Crippen molar-refractivity contribution >= 4 is 46.4 Å². The predicted octanol–water partition coefficient (Wildman–Crippen LogP) is 2.95. The summed E-state index contributed by atoms with van der Waals surface area (Å²) in [6.07, 6.45) is 0.800. The molecule has 0 radical (unpaired) electrons. The molecule has 9 nitrogen and oxygen atoms in total. The van der Waals surface area contributed by atoms with Crippen LogP contribution in [0.4, 0.5) is 11.4 Å². The number of ether oxygens (including phenoxy) is 2. The number of hydrogen-bond donors (Lipinski definition) is 2. The van der Waals surface area contributed by atoms with Crippen molar-refractivity contribution in [3.8, 4) is 11.5 Å². The van der Waals surface area contributed by atoms with E-state index in [4.69, 9.17) is 21.7 Å². The van der Waals surface area contributed by atoms with E-state index >= 15 is 0 Å². The Labute approximate surface area is 210 Å². The maximum absolute atomic E-state index is 13.4. The van der Waals surface area contributed by atoms with Gasteiger partial charge in [0.15, 0.2) is 5.11 Å². The molecule has 1 unspecified atom stereocenters. The molecule has 0 aliphatic carbocycles. The standard InChI is InChI=1S/C25H30N4O5S/c1-4-14-34-20-10-8-18(9-11-20)27-23(31)16-22-24(32)29(19-6-5-7-21(15-19)33-3)25(35)28(22)13-12-26-17(2)30/h5-11,15,22H,4,12-14,16H2,1-3H3,(H,26,30)(H,27,31). The highest BCUT2D eigenvalue weighted by molar-refractivity contribution is 7.80. The molecule has 35 heavy (non-hydrogen) atoms. The van der Waals surface area contributed by atoms with Gasteiger partial charge in [-0.3, -0.25) is 19.3 Å². The summed E-state index contributed by atoms with van der Waals surface area (Å²) in [4.78, 5) is 40.7. The maximum atomic E-state index is 13.4. The highest BCUT2D eigenvalue weighted by Gasteiger charge is 2.44. The topological polar surface area (TPSA) is 100 Å². The Kier molecular flexibility index (Phi) is 9.02. The highest BCUT2D eigenvalue weighted by atomic mass is 32.1. The third-order valence-corrected chi connectivity index (χ3v) is 5.76. The van der Waals surface area contributed by atoms with Crippen LogP contribution in [0.2, 0.25) is 0 Å². The molecule has 1 saturated heterocycles. The van der Waals surface area contributed by atoms with Crippen molar-refractivity contribution in [2.75, 3.05) is 37.0 Å². The summed E-state index contributed by atoms with van der Waals surface area (Å²) in [5, 5.41) is 5.81. The first-order chi connectivity index (χ1) is 16.8. The van der Waals surface area contributed by atoms with Crippen LogP contribution in [-0.4, -0.2) is 60.6 Å². The summed E-state index contributed by atoms with van der Waals surface area (Å²) in [6.45, 7) is 4.63. The van der Waals surface area contributed by atoms with Crippen molar-refractivity contribution in [2.45, 2.75) is 32.7 Å². The molecule has 0 aromatic heterocycles. The Hall–Kier alpha value is -3.66. The van der Waals surface area contributed by atoms with E-state index in [1.807, 2.05) is 6.92 Å². The number of rotatable bonds is 11. The molecule has 186 valence electrons. The van der Waals surface area contributed by atoms with E-state index < -0.39 is 6.04 Å². The monoisotopic (exact) mass is 498 g/mol. The number of carbonyl (C=O) groups excluding carboxylic acids is 3. The Balaban J connectivity index is 1.75. The number of anilines is 2. The van der Waals surface area contributed by atoms with E-state index in [0.717, 1.165) is 12.2 Å². The molecule has 2 aromatic carbocycles. The number of nitrogens with one attached hydrogen (secondary N) is 2. The van der Waals surface area contributed by atoms with Crippen LogP contribution in [0.1, 0.15) is 26.7 Å². The third-order valence-electron chi connectivity index (χ3n) is 5.35. The number of hydrogen-bond acceptors (Lipinski definition) is 6. The lowest BCUT2D eigenvalue weighted by Crippen LogP contribution is -2.42. The summed E-state index contributed by atoms with van der Waals surface area (Å²) in [6, 6.07) is 13.3. The van der Waals surface area contributed by atoms with E-state index in [2.05, 4.69) is 10.6 Å². The molecule has 0 spiro atoms. The third kappa shape index (κ3) is 6.69. The fourth-order valence-corrected chi connectivity index (χ4v) is 4.08. The summed E-state index contributed by atoms with van der Waals surface area (Å²) in [7, 11) is 1.54. The smallest absolute Gasteiger partial charge is 0.256 e. The molecule has 3 rings (SSSR count). The van der Waals surface area contributed by atoms with Crippen LogP contribution < -0.4 is 25.0 Å². The minimum Gasteiger partial charge on any atom is -0.497 e. The fraction of sp³-hybridized carbons (Fsp3) is 0.360. The van der Waals surface area contributed by atoms with Crippen LogP contribution in [-0.2, 0) is 14.4 Å². The van der Waals surface area contributed by atoms with E-state index in [0.29, 0.717) is 23.7 Å². The average Bonchev–Trinajstić information content (AvgIpc) is 3.07. The highest BCUT2D eigenvalue weighted by Crippen LogP contribution is 2.29. The number of amides is 3. The molecule has 1 heterocycles. The van der Waals surface area contributed by atoms with Crippen LogP contribution in [0.3, 0.4) is 0 Å². The SMILES string of the molecule is CCCOc1ccc(NC(=O)CC2C(=O)N(c3cccc(OC)c3)C(=S)N2CCNC(C)=O)cc1. The molecule has 1 aliphatic heterocycles. The van der Waals surface area contributed by atoms with Crippen molar-refractivity contribution in [2.24, 2.45) is 0 Å². The molecular weight excluding hydrogens is 468 g/mol. The van der Waals surface area contributed by atoms with Gasteiger partial charge in [-0.1, -0.05) is 13.0 Å². The molecule has 2 aromatic rings. The molecule has 10 heteroatoms. The zero-order valence-corrected chi connectivity index (χ0v) is 20.9. The van der Waals surface area contributed by atoms with Gasteiger partial charge >= 0.3 is 0 Å². The minimum atomic E-state index is -0.811. The quantitative estimate of drug-likeness (QED) is 0.460. The minimum absolute atomic E-state index is 0.104. The fourth-order valence-electron chi connectivity index (χ4n) is 3.67. The van der Waals surface area contributed by atoms with Crippen LogP contribution in [0.15, 0.2) is 48.5 Å². The van der Waals surface area contributed by atoms with E-state index in [1.165, 1.54) is 11.8 Å². The van der Waals surface area contributed by atoms with Gasteiger partial charge in [0.2, 0.25) is 11.8 Å². The lowest BCUT2D eigenvalue weighted by Gasteiger charge is -2.24. The Morgan fingerprint density at radius 3 is 2.51 bits per heavy atom. The largest absolute Gasteiger partial charge is 0.497 e. The number of methoxy groups -OCH3 is 1. The Morgan fingerprint density at radius 1 is 1.11 bits per heavy atom. The summed E-state index contributed by atoms with van der Waals surface area (Å²) >= 11 is 5.62. The molecule has 1 atom stereocenters. The normalized spacial score (nSPS) is 15.2. The van der Waals surface area contributed by atoms with Gasteiger partial charge in [0.1, 0.15) is 17.5 Å². The second-order valence-electron chi connectivity index (χ2n) is 7.97. The first-order valence-electron chi connectivity index (χ1n) is 11.4. The summed E-state index contributed by atoms with van der Waals surface area (Å²) in [5.74, 6) is 0.469.